The molecule has 0 bridgehead atoms. The van der Waals surface area contributed by atoms with Crippen LogP contribution in [0.1, 0.15) is 16.1 Å². The second-order valence-corrected chi connectivity index (χ2v) is 5.59. The molecule has 1 N–H and O–H groups in total. The lowest BCUT2D eigenvalue weighted by Gasteiger charge is -2.29. The van der Waals surface area contributed by atoms with Gasteiger partial charge in [-0.1, -0.05) is 0 Å². The lowest BCUT2D eigenvalue weighted by molar-refractivity contribution is -0.0403. The van der Waals surface area contributed by atoms with E-state index in [1.54, 1.807) is 19.1 Å². The Bertz CT molecular complexity index is 693. The number of likely N-dealkylation sites (N-methyl/N-ethyl adjacent to an activating group) is 1. The molecule has 0 saturated carbocycles. The standard InChI is InChI=1S/C16H19NO5/c1-10-13-7-11(3-4-14(13)22-15(10)16(18)19)21-9-12-8-17(2)5-6-20-12/h3-4,7,12H,5-6,8-9H2,1-2H3,(H,18,19)/t12-/m0/s1. The van der Waals surface area contributed by atoms with Crippen LogP contribution in [0.15, 0.2) is 22.6 Å². The van der Waals surface area contributed by atoms with Crippen LogP contribution in [0.5, 0.6) is 5.75 Å². The molecule has 1 aromatic heterocycles. The molecule has 0 spiro atoms. The van der Waals surface area contributed by atoms with Gasteiger partial charge >= 0.3 is 5.97 Å². The summed E-state index contributed by atoms with van der Waals surface area (Å²) < 4.78 is 16.8. The quantitative estimate of drug-likeness (QED) is 0.933. The van der Waals surface area contributed by atoms with Crippen molar-refractivity contribution in [3.8, 4) is 5.75 Å². The summed E-state index contributed by atoms with van der Waals surface area (Å²) in [5.74, 6) is -0.399. The van der Waals surface area contributed by atoms with Gasteiger partial charge < -0.3 is 23.9 Å². The average molecular weight is 305 g/mol. The summed E-state index contributed by atoms with van der Waals surface area (Å²) in [6.07, 6.45) is 0.0504. The molecule has 1 aliphatic heterocycles. The Hall–Kier alpha value is -2.05. The molecule has 6 nitrogen and oxygen atoms in total. The van der Waals surface area contributed by atoms with Crippen molar-refractivity contribution in [2.45, 2.75) is 13.0 Å². The van der Waals surface area contributed by atoms with Gasteiger partial charge in [0.2, 0.25) is 5.76 Å². The van der Waals surface area contributed by atoms with Crippen molar-refractivity contribution in [1.82, 2.24) is 4.90 Å². The van der Waals surface area contributed by atoms with E-state index in [0.717, 1.165) is 18.5 Å². The molecule has 0 aliphatic carbocycles. The maximum atomic E-state index is 11.1. The third kappa shape index (κ3) is 2.93. The molecular formula is C16H19NO5. The van der Waals surface area contributed by atoms with E-state index in [2.05, 4.69) is 11.9 Å². The molecule has 3 rings (SSSR count). The predicted molar refractivity (Wildman–Crippen MR) is 80.6 cm³/mol. The molecule has 1 aliphatic rings. The second-order valence-electron chi connectivity index (χ2n) is 5.59. The van der Waals surface area contributed by atoms with Crippen molar-refractivity contribution < 1.29 is 23.8 Å². The normalized spacial score (nSPS) is 19.5. The van der Waals surface area contributed by atoms with Crippen molar-refractivity contribution in [1.29, 1.82) is 0 Å². The number of morpholine rings is 1. The minimum atomic E-state index is -1.06. The van der Waals surface area contributed by atoms with Crippen molar-refractivity contribution in [2.24, 2.45) is 0 Å². The molecule has 2 aromatic rings. The number of rotatable bonds is 4. The number of ether oxygens (including phenoxy) is 2. The Kier molecular flexibility index (Phi) is 4.04. The highest BCUT2D eigenvalue weighted by Gasteiger charge is 2.19. The third-order valence-corrected chi connectivity index (χ3v) is 3.88. The number of aryl methyl sites for hydroxylation is 1. The number of furan rings is 1. The Balaban J connectivity index is 1.74. The minimum Gasteiger partial charge on any atom is -0.491 e. The lowest BCUT2D eigenvalue weighted by Crippen LogP contribution is -2.42. The summed E-state index contributed by atoms with van der Waals surface area (Å²) in [7, 11) is 2.06. The van der Waals surface area contributed by atoms with Gasteiger partial charge in [0.1, 0.15) is 24.0 Å². The summed E-state index contributed by atoms with van der Waals surface area (Å²) in [4.78, 5) is 13.3. The smallest absolute Gasteiger partial charge is 0.372 e. The molecule has 6 heteroatoms. The monoisotopic (exact) mass is 305 g/mol. The van der Waals surface area contributed by atoms with E-state index in [1.165, 1.54) is 0 Å². The first-order chi connectivity index (χ1) is 10.5. The first-order valence-corrected chi connectivity index (χ1v) is 7.24. The van der Waals surface area contributed by atoms with Crippen molar-refractivity contribution >= 4 is 16.9 Å². The number of carboxylic acid groups (broad SMARTS) is 1. The van der Waals surface area contributed by atoms with E-state index in [-0.39, 0.29) is 11.9 Å². The van der Waals surface area contributed by atoms with Gasteiger partial charge in [-0.2, -0.15) is 0 Å². The molecule has 0 unspecified atom stereocenters. The number of carbonyl (C=O) groups is 1. The highest BCUT2D eigenvalue weighted by molar-refractivity contribution is 5.95. The molecule has 118 valence electrons. The van der Waals surface area contributed by atoms with Crippen LogP contribution in [0.3, 0.4) is 0 Å². The van der Waals surface area contributed by atoms with Crippen LogP contribution in [0.4, 0.5) is 0 Å². The van der Waals surface area contributed by atoms with E-state index in [1.807, 2.05) is 6.07 Å². The van der Waals surface area contributed by atoms with Gasteiger partial charge in [-0.3, -0.25) is 0 Å². The summed E-state index contributed by atoms with van der Waals surface area (Å²) in [6, 6.07) is 5.33. The number of aromatic carboxylic acids is 1. The van der Waals surface area contributed by atoms with Crippen molar-refractivity contribution in [3.63, 3.8) is 0 Å². The third-order valence-electron chi connectivity index (χ3n) is 3.88. The maximum absolute atomic E-state index is 11.1. The van der Waals surface area contributed by atoms with Gasteiger partial charge in [-0.25, -0.2) is 4.79 Å². The first-order valence-electron chi connectivity index (χ1n) is 7.24. The molecule has 1 saturated heterocycles. The molecule has 0 amide bonds. The Morgan fingerprint density at radius 3 is 3.05 bits per heavy atom. The zero-order valence-corrected chi connectivity index (χ0v) is 12.7. The van der Waals surface area contributed by atoms with E-state index in [0.29, 0.717) is 30.1 Å². The van der Waals surface area contributed by atoms with E-state index < -0.39 is 5.97 Å². The summed E-state index contributed by atoms with van der Waals surface area (Å²) in [5.41, 5.74) is 1.16. The average Bonchev–Trinajstić information content (AvgIpc) is 2.82. The van der Waals surface area contributed by atoms with Crippen molar-refractivity contribution in [3.05, 3.63) is 29.5 Å². The SMILES string of the molecule is Cc1c(C(=O)O)oc2ccc(OC[C@@H]3CN(C)CCO3)cc12. The number of nitrogens with zero attached hydrogens (tertiary/aromatic N) is 1. The number of fused-ring (bicyclic) bond motifs is 1. The molecule has 1 atom stereocenters. The maximum Gasteiger partial charge on any atom is 0.372 e. The zero-order valence-electron chi connectivity index (χ0n) is 12.7. The Morgan fingerprint density at radius 2 is 2.32 bits per heavy atom. The van der Waals surface area contributed by atoms with Gasteiger partial charge in [0.05, 0.1) is 6.61 Å². The van der Waals surface area contributed by atoms with Gasteiger partial charge in [0, 0.05) is 24.0 Å². The van der Waals surface area contributed by atoms with Crippen LogP contribution in [-0.2, 0) is 4.74 Å². The Morgan fingerprint density at radius 1 is 1.50 bits per heavy atom. The van der Waals surface area contributed by atoms with Crippen LogP contribution in [0.2, 0.25) is 0 Å². The topological polar surface area (TPSA) is 72.1 Å². The number of hydrogen-bond donors (Lipinski definition) is 1. The number of benzene rings is 1. The van der Waals surface area contributed by atoms with Crippen LogP contribution < -0.4 is 4.74 Å². The van der Waals surface area contributed by atoms with Gasteiger partial charge in [0.15, 0.2) is 0 Å². The zero-order chi connectivity index (χ0) is 15.7. The molecule has 2 heterocycles. The number of carboxylic acids is 1. The molecule has 0 radical (unpaired) electrons. The van der Waals surface area contributed by atoms with Crippen LogP contribution in [-0.4, -0.2) is 55.4 Å². The summed E-state index contributed by atoms with van der Waals surface area (Å²) >= 11 is 0. The van der Waals surface area contributed by atoms with Gasteiger partial charge in [0.25, 0.3) is 0 Å². The fourth-order valence-electron chi connectivity index (χ4n) is 2.65. The molecule has 22 heavy (non-hydrogen) atoms. The molecule has 1 aromatic carbocycles. The minimum absolute atomic E-state index is 0.0237. The highest BCUT2D eigenvalue weighted by Crippen LogP contribution is 2.29. The lowest BCUT2D eigenvalue weighted by atomic mass is 10.1. The van der Waals surface area contributed by atoms with E-state index in [4.69, 9.17) is 19.0 Å². The Labute approximate surface area is 128 Å². The van der Waals surface area contributed by atoms with Crippen LogP contribution in [0, 0.1) is 6.92 Å². The second kappa shape index (κ2) is 5.98. The predicted octanol–water partition coefficient (Wildman–Crippen LogP) is 2.15. The van der Waals surface area contributed by atoms with E-state index in [9.17, 15) is 4.79 Å². The number of hydrogen-bond acceptors (Lipinski definition) is 5. The molecule has 1 fully saturated rings. The largest absolute Gasteiger partial charge is 0.491 e. The highest BCUT2D eigenvalue weighted by atomic mass is 16.5. The summed E-state index contributed by atoms with van der Waals surface area (Å²) in [6.45, 7) is 4.70. The van der Waals surface area contributed by atoms with Gasteiger partial charge in [-0.15, -0.1) is 0 Å². The van der Waals surface area contributed by atoms with E-state index >= 15 is 0 Å². The van der Waals surface area contributed by atoms with Crippen LogP contribution in [0.25, 0.3) is 11.0 Å². The van der Waals surface area contributed by atoms with Crippen LogP contribution >= 0.6 is 0 Å². The summed E-state index contributed by atoms with van der Waals surface area (Å²) in [5, 5.41) is 9.85. The van der Waals surface area contributed by atoms with Gasteiger partial charge in [-0.05, 0) is 32.2 Å². The molecular weight excluding hydrogens is 286 g/mol. The fraction of sp³-hybridized carbons (Fsp3) is 0.438. The fourth-order valence-corrected chi connectivity index (χ4v) is 2.65. The van der Waals surface area contributed by atoms with Crippen molar-refractivity contribution in [2.75, 3.05) is 33.4 Å². The first kappa shape index (κ1) is 14.9.